The van der Waals surface area contributed by atoms with Gasteiger partial charge in [0, 0.05) is 23.0 Å². The van der Waals surface area contributed by atoms with Gasteiger partial charge in [-0.15, -0.1) is 0 Å². The smallest absolute Gasteiger partial charge is 0.308 e. The van der Waals surface area contributed by atoms with E-state index in [1.165, 1.54) is 17.9 Å². The van der Waals surface area contributed by atoms with Crippen molar-refractivity contribution in [2.24, 2.45) is 0 Å². The van der Waals surface area contributed by atoms with E-state index in [-0.39, 0.29) is 11.3 Å². The highest BCUT2D eigenvalue weighted by Gasteiger charge is 2.45. The van der Waals surface area contributed by atoms with Crippen LogP contribution in [0.1, 0.15) is 40.2 Å². The molecule has 1 atom stereocenters. The minimum Gasteiger partial charge on any atom is -0.503 e. The van der Waals surface area contributed by atoms with Gasteiger partial charge in [0.05, 0.1) is 11.6 Å². The summed E-state index contributed by atoms with van der Waals surface area (Å²) in [4.78, 5) is 40.0. The number of ether oxygens (including phenoxy) is 1. The largest absolute Gasteiger partial charge is 0.503 e. The second-order valence-corrected chi connectivity index (χ2v) is 9.41. The Hall–Kier alpha value is -4.36. The van der Waals surface area contributed by atoms with Crippen LogP contribution in [0.3, 0.4) is 0 Å². The predicted octanol–water partition coefficient (Wildman–Crippen LogP) is 6.41. The number of carbonyl (C=O) groups excluding carboxylic acids is 3. The molecule has 0 spiro atoms. The van der Waals surface area contributed by atoms with E-state index in [1.54, 1.807) is 42.5 Å². The van der Waals surface area contributed by atoms with Crippen molar-refractivity contribution in [1.29, 1.82) is 0 Å². The molecular weight excluding hydrogens is 494 g/mol. The van der Waals surface area contributed by atoms with Gasteiger partial charge in [-0.25, -0.2) is 0 Å². The molecule has 7 nitrogen and oxygen atoms in total. The summed E-state index contributed by atoms with van der Waals surface area (Å²) in [6, 6.07) is 17.6. The number of esters is 1. The summed E-state index contributed by atoms with van der Waals surface area (Å²) in [5.74, 6) is -2.18. The molecule has 0 saturated heterocycles. The molecular formula is C29H22ClNO6. The normalized spacial score (nSPS) is 15.5. The number of carbonyl (C=O) groups is 3. The molecule has 0 bridgehead atoms. The number of benzene rings is 3. The Morgan fingerprint density at radius 2 is 1.65 bits per heavy atom. The number of amides is 1. The van der Waals surface area contributed by atoms with Gasteiger partial charge in [0.25, 0.3) is 5.91 Å². The molecule has 4 aromatic rings. The topological polar surface area (TPSA) is 97.0 Å². The number of halogens is 1. The predicted molar refractivity (Wildman–Crippen MR) is 139 cm³/mol. The Kier molecular flexibility index (Phi) is 6.09. The van der Waals surface area contributed by atoms with Crippen LogP contribution in [0.25, 0.3) is 11.0 Å². The van der Waals surface area contributed by atoms with Gasteiger partial charge in [-0.05, 0) is 79.1 Å². The van der Waals surface area contributed by atoms with E-state index in [0.29, 0.717) is 33.0 Å². The Labute approximate surface area is 217 Å². The number of rotatable bonds is 5. The average molecular weight is 516 g/mol. The number of aliphatic hydroxyl groups excluding tert-OH is 1. The van der Waals surface area contributed by atoms with Crippen molar-refractivity contribution in [3.05, 3.63) is 106 Å². The monoisotopic (exact) mass is 515 g/mol. The standard InChI is InChI=1S/C29H22ClNO6/c1-15-10-16(2)12-21(11-15)31-26(18-4-7-22(8-5-18)36-17(3)32)25(28(34)29(31)35)27(33)24-14-19-13-20(30)6-9-23(19)37-24/h4-14,26,34H,1-3H3. The minimum absolute atomic E-state index is 0.0320. The van der Waals surface area contributed by atoms with E-state index in [1.807, 2.05) is 32.0 Å². The summed E-state index contributed by atoms with van der Waals surface area (Å²) in [6.07, 6.45) is 0. The van der Waals surface area contributed by atoms with Crippen LogP contribution in [0.4, 0.5) is 5.69 Å². The molecule has 1 amide bonds. The van der Waals surface area contributed by atoms with Crippen molar-refractivity contribution in [2.45, 2.75) is 26.8 Å². The van der Waals surface area contributed by atoms with Crippen LogP contribution in [0.5, 0.6) is 5.75 Å². The summed E-state index contributed by atoms with van der Waals surface area (Å²) in [7, 11) is 0. The summed E-state index contributed by atoms with van der Waals surface area (Å²) < 4.78 is 10.9. The Bertz CT molecular complexity index is 1600. The van der Waals surface area contributed by atoms with Crippen LogP contribution in [0, 0.1) is 13.8 Å². The zero-order valence-corrected chi connectivity index (χ0v) is 21.0. The molecule has 3 aromatic carbocycles. The van der Waals surface area contributed by atoms with Crippen LogP contribution in [-0.2, 0) is 9.59 Å². The van der Waals surface area contributed by atoms with Crippen molar-refractivity contribution >= 4 is 45.9 Å². The first kappa shape index (κ1) is 24.3. The van der Waals surface area contributed by atoms with E-state index < -0.39 is 29.5 Å². The number of nitrogens with zero attached hydrogens (tertiary/aromatic N) is 1. The second-order valence-electron chi connectivity index (χ2n) is 8.97. The summed E-state index contributed by atoms with van der Waals surface area (Å²) in [5, 5.41) is 12.1. The van der Waals surface area contributed by atoms with Crippen LogP contribution in [0.2, 0.25) is 5.02 Å². The van der Waals surface area contributed by atoms with E-state index in [9.17, 15) is 19.5 Å². The number of hydrogen-bond donors (Lipinski definition) is 1. The van der Waals surface area contributed by atoms with Crippen molar-refractivity contribution in [3.8, 4) is 5.75 Å². The summed E-state index contributed by atoms with van der Waals surface area (Å²) >= 11 is 6.08. The number of ketones is 1. The quantitative estimate of drug-likeness (QED) is 0.187. The lowest BCUT2D eigenvalue weighted by Gasteiger charge is -2.27. The molecule has 1 aliphatic rings. The lowest BCUT2D eigenvalue weighted by atomic mass is 9.94. The van der Waals surface area contributed by atoms with Crippen molar-refractivity contribution < 1.29 is 28.6 Å². The minimum atomic E-state index is -0.954. The molecule has 0 aliphatic carbocycles. The van der Waals surface area contributed by atoms with Crippen molar-refractivity contribution in [1.82, 2.24) is 0 Å². The number of aliphatic hydroxyl groups is 1. The number of aryl methyl sites for hydroxylation is 2. The lowest BCUT2D eigenvalue weighted by molar-refractivity contribution is -0.131. The molecule has 1 unspecified atom stereocenters. The Morgan fingerprint density at radius 1 is 0.973 bits per heavy atom. The molecule has 37 heavy (non-hydrogen) atoms. The Balaban J connectivity index is 1.65. The SMILES string of the molecule is CC(=O)Oc1ccc(C2C(C(=O)c3cc4cc(Cl)ccc4o3)=C(O)C(=O)N2c2cc(C)cc(C)c2)cc1. The number of Topliss-reactive ketones (excluding diaryl/α,β-unsaturated/α-hetero) is 1. The fourth-order valence-corrected chi connectivity index (χ4v) is 4.83. The molecule has 5 rings (SSSR count). The first-order valence-electron chi connectivity index (χ1n) is 11.5. The van der Waals surface area contributed by atoms with Crippen LogP contribution >= 0.6 is 11.6 Å². The van der Waals surface area contributed by atoms with Gasteiger partial charge in [0.15, 0.2) is 11.5 Å². The van der Waals surface area contributed by atoms with Gasteiger partial charge < -0.3 is 14.3 Å². The lowest BCUT2D eigenvalue weighted by Crippen LogP contribution is -2.31. The van der Waals surface area contributed by atoms with Crippen molar-refractivity contribution in [2.75, 3.05) is 4.90 Å². The molecule has 2 heterocycles. The van der Waals surface area contributed by atoms with Crippen LogP contribution in [0.15, 0.2) is 82.5 Å². The first-order valence-corrected chi connectivity index (χ1v) is 11.9. The van der Waals surface area contributed by atoms with Gasteiger partial charge in [0.1, 0.15) is 11.3 Å². The van der Waals surface area contributed by atoms with Gasteiger partial charge in [0.2, 0.25) is 5.78 Å². The third-order valence-corrected chi connectivity index (χ3v) is 6.33. The maximum Gasteiger partial charge on any atom is 0.308 e. The molecule has 0 fully saturated rings. The number of anilines is 1. The molecule has 186 valence electrons. The zero-order valence-electron chi connectivity index (χ0n) is 20.2. The Morgan fingerprint density at radius 3 is 2.30 bits per heavy atom. The summed E-state index contributed by atoms with van der Waals surface area (Å²) in [6.45, 7) is 5.10. The third kappa shape index (κ3) is 4.49. The maximum atomic E-state index is 13.8. The zero-order chi connectivity index (χ0) is 26.4. The number of hydrogen-bond acceptors (Lipinski definition) is 6. The van der Waals surface area contributed by atoms with Crippen LogP contribution < -0.4 is 9.64 Å². The second kappa shape index (κ2) is 9.26. The number of fused-ring (bicyclic) bond motifs is 1. The molecule has 0 saturated carbocycles. The molecule has 1 aromatic heterocycles. The average Bonchev–Trinajstić information content (AvgIpc) is 3.36. The van der Waals surface area contributed by atoms with E-state index in [4.69, 9.17) is 20.8 Å². The summed E-state index contributed by atoms with van der Waals surface area (Å²) in [5.41, 5.74) is 3.23. The fourth-order valence-electron chi connectivity index (χ4n) is 4.65. The van der Waals surface area contributed by atoms with Gasteiger partial charge in [-0.2, -0.15) is 0 Å². The molecule has 0 radical (unpaired) electrons. The maximum absolute atomic E-state index is 13.8. The highest BCUT2D eigenvalue weighted by Crippen LogP contribution is 2.43. The van der Waals surface area contributed by atoms with Crippen LogP contribution in [-0.4, -0.2) is 22.8 Å². The van der Waals surface area contributed by atoms with Crippen molar-refractivity contribution in [3.63, 3.8) is 0 Å². The fraction of sp³-hybridized carbons (Fsp3) is 0.138. The van der Waals surface area contributed by atoms with Gasteiger partial charge in [-0.3, -0.25) is 19.3 Å². The highest BCUT2D eigenvalue weighted by atomic mass is 35.5. The van der Waals surface area contributed by atoms with E-state index in [2.05, 4.69) is 0 Å². The van der Waals surface area contributed by atoms with E-state index >= 15 is 0 Å². The molecule has 1 aliphatic heterocycles. The highest BCUT2D eigenvalue weighted by molar-refractivity contribution is 6.31. The molecule has 8 heteroatoms. The number of furan rings is 1. The van der Waals surface area contributed by atoms with E-state index in [0.717, 1.165) is 11.1 Å². The first-order chi connectivity index (χ1) is 17.6. The third-order valence-electron chi connectivity index (χ3n) is 6.10. The van der Waals surface area contributed by atoms with Gasteiger partial charge in [-0.1, -0.05) is 29.8 Å². The van der Waals surface area contributed by atoms with Gasteiger partial charge >= 0.3 is 5.97 Å². The molecule has 1 N–H and O–H groups in total.